The van der Waals surface area contributed by atoms with Crippen molar-refractivity contribution in [2.75, 3.05) is 5.73 Å². The molecule has 0 saturated carbocycles. The number of nitrogens with zero attached hydrogens (tertiary/aromatic N) is 2. The normalized spacial score (nSPS) is 9.07. The van der Waals surface area contributed by atoms with Gasteiger partial charge in [-0.15, -0.1) is 0 Å². The predicted molar refractivity (Wildman–Crippen MR) is 57.7 cm³/mol. The molecule has 2 rings (SSSR count). The van der Waals surface area contributed by atoms with Gasteiger partial charge in [0.15, 0.2) is 0 Å². The molecule has 0 aliphatic rings. The lowest BCUT2D eigenvalue weighted by atomic mass is 10.3. The maximum atomic E-state index is 9.00. The summed E-state index contributed by atoms with van der Waals surface area (Å²) in [4.78, 5) is 17.2. The van der Waals surface area contributed by atoms with E-state index in [0.29, 0.717) is 5.82 Å². The Balaban J connectivity index is 0.000000245. The summed E-state index contributed by atoms with van der Waals surface area (Å²) in [6, 6.07) is 6.80. The second-order valence-electron chi connectivity index (χ2n) is 2.69. The average Bonchev–Trinajstić information content (AvgIpc) is 2.16. The van der Waals surface area contributed by atoms with Crippen molar-refractivity contribution in [3.05, 3.63) is 30.5 Å². The third-order valence-corrected chi connectivity index (χ3v) is 1.47. The number of rotatable bonds is 0. The van der Waals surface area contributed by atoms with Crippen LogP contribution in [0, 0.1) is 0 Å². The zero-order valence-electron chi connectivity index (χ0n) is 7.92. The quantitative estimate of drug-likeness (QED) is 0.570. The van der Waals surface area contributed by atoms with Crippen LogP contribution in [0.1, 0.15) is 0 Å². The topological polar surface area (TPSA) is 121 Å². The number of urea groups is 1. The Bertz CT molecular complexity index is 467. The molecule has 0 aliphatic heterocycles. The maximum absolute atomic E-state index is 9.00. The number of nitrogen functional groups attached to an aromatic ring is 1. The first-order chi connectivity index (χ1) is 7.09. The van der Waals surface area contributed by atoms with Crippen molar-refractivity contribution in [2.45, 2.75) is 0 Å². The molecule has 0 fully saturated rings. The fraction of sp³-hybridized carbons (Fsp3) is 0. The van der Waals surface area contributed by atoms with E-state index in [4.69, 9.17) is 10.5 Å². The number of nitrogens with two attached hydrogens (primary N) is 3. The predicted octanol–water partition coefficient (Wildman–Crippen LogP) is 0.236. The fourth-order valence-corrected chi connectivity index (χ4v) is 0.972. The molecule has 0 unspecified atom stereocenters. The van der Waals surface area contributed by atoms with Gasteiger partial charge in [0.05, 0.1) is 17.2 Å². The van der Waals surface area contributed by atoms with Crippen LogP contribution in [0.5, 0.6) is 0 Å². The molecule has 15 heavy (non-hydrogen) atoms. The molecule has 6 N–H and O–H groups in total. The van der Waals surface area contributed by atoms with Gasteiger partial charge in [0.1, 0.15) is 5.82 Å². The van der Waals surface area contributed by atoms with Crippen LogP contribution in [0.3, 0.4) is 0 Å². The maximum Gasteiger partial charge on any atom is 0.309 e. The SMILES string of the molecule is NC(N)=O.Nc1cnc2ccccc2n1. The zero-order valence-corrected chi connectivity index (χ0v) is 7.92. The van der Waals surface area contributed by atoms with Gasteiger partial charge in [0.25, 0.3) is 0 Å². The first kappa shape index (κ1) is 10.7. The van der Waals surface area contributed by atoms with Gasteiger partial charge < -0.3 is 17.2 Å². The third-order valence-electron chi connectivity index (χ3n) is 1.47. The van der Waals surface area contributed by atoms with Crippen LogP contribution in [0.15, 0.2) is 30.5 Å². The summed E-state index contributed by atoms with van der Waals surface area (Å²) in [7, 11) is 0. The zero-order chi connectivity index (χ0) is 11.3. The van der Waals surface area contributed by atoms with Crippen molar-refractivity contribution in [1.29, 1.82) is 0 Å². The van der Waals surface area contributed by atoms with E-state index in [1.165, 1.54) is 0 Å². The molecule has 78 valence electrons. The summed E-state index contributed by atoms with van der Waals surface area (Å²) in [5.74, 6) is 0.462. The van der Waals surface area contributed by atoms with Gasteiger partial charge >= 0.3 is 6.03 Å². The highest BCUT2D eigenvalue weighted by Crippen LogP contribution is 2.08. The fourth-order valence-electron chi connectivity index (χ4n) is 0.972. The lowest BCUT2D eigenvalue weighted by Gasteiger charge is -1.94. The molecule has 6 heteroatoms. The molecule has 2 aromatic rings. The minimum absolute atomic E-state index is 0.462. The largest absolute Gasteiger partial charge is 0.382 e. The van der Waals surface area contributed by atoms with E-state index in [2.05, 4.69) is 21.4 Å². The Labute approximate surface area is 86.1 Å². The molecule has 0 aliphatic carbocycles. The number of anilines is 1. The Hall–Kier alpha value is -2.37. The summed E-state index contributed by atoms with van der Waals surface area (Å²) in [6.45, 7) is 0. The number of benzene rings is 1. The molecule has 0 spiro atoms. The van der Waals surface area contributed by atoms with E-state index in [-0.39, 0.29) is 0 Å². The number of para-hydroxylation sites is 2. The molecule has 1 aromatic carbocycles. The smallest absolute Gasteiger partial charge is 0.309 e. The number of amides is 2. The molecular formula is C9H11N5O. The van der Waals surface area contributed by atoms with E-state index in [1.807, 2.05) is 24.3 Å². The Morgan fingerprint density at radius 3 is 2.27 bits per heavy atom. The van der Waals surface area contributed by atoms with Crippen LogP contribution in [0.25, 0.3) is 11.0 Å². The molecule has 6 nitrogen and oxygen atoms in total. The number of aromatic nitrogens is 2. The van der Waals surface area contributed by atoms with Gasteiger partial charge in [-0.3, -0.25) is 4.98 Å². The second kappa shape index (κ2) is 4.75. The van der Waals surface area contributed by atoms with Gasteiger partial charge in [-0.2, -0.15) is 0 Å². The van der Waals surface area contributed by atoms with Gasteiger partial charge in [-0.05, 0) is 12.1 Å². The lowest BCUT2D eigenvalue weighted by Crippen LogP contribution is -2.18. The van der Waals surface area contributed by atoms with Gasteiger partial charge in [0.2, 0.25) is 0 Å². The Morgan fingerprint density at radius 2 is 1.67 bits per heavy atom. The molecule has 0 saturated heterocycles. The monoisotopic (exact) mass is 205 g/mol. The first-order valence-electron chi connectivity index (χ1n) is 4.12. The van der Waals surface area contributed by atoms with E-state index in [0.717, 1.165) is 11.0 Å². The van der Waals surface area contributed by atoms with Gasteiger partial charge in [0, 0.05) is 0 Å². The minimum atomic E-state index is -0.833. The summed E-state index contributed by atoms with van der Waals surface area (Å²) in [5.41, 5.74) is 15.7. The average molecular weight is 205 g/mol. The van der Waals surface area contributed by atoms with E-state index in [1.54, 1.807) is 6.20 Å². The van der Waals surface area contributed by atoms with E-state index < -0.39 is 6.03 Å². The highest BCUT2D eigenvalue weighted by Gasteiger charge is 1.92. The molecule has 0 radical (unpaired) electrons. The second-order valence-corrected chi connectivity index (χ2v) is 2.69. The minimum Gasteiger partial charge on any atom is -0.382 e. The number of hydrogen-bond donors (Lipinski definition) is 3. The highest BCUT2D eigenvalue weighted by molar-refractivity contribution is 5.74. The third kappa shape index (κ3) is 3.47. The molecular weight excluding hydrogens is 194 g/mol. The van der Waals surface area contributed by atoms with E-state index in [9.17, 15) is 0 Å². The Morgan fingerprint density at radius 1 is 1.13 bits per heavy atom. The van der Waals surface area contributed by atoms with Crippen LogP contribution in [-0.4, -0.2) is 16.0 Å². The summed E-state index contributed by atoms with van der Waals surface area (Å²) in [5, 5.41) is 0. The number of fused-ring (bicyclic) bond motifs is 1. The van der Waals surface area contributed by atoms with Crippen molar-refractivity contribution in [3.63, 3.8) is 0 Å². The number of hydrogen-bond acceptors (Lipinski definition) is 4. The number of primary amides is 2. The Kier molecular flexibility index (Phi) is 3.39. The standard InChI is InChI=1S/C8H7N3.CH4N2O/c9-8-5-10-6-3-1-2-4-7(6)11-8;2-1(3)4/h1-5H,(H2,9,11);(H4,2,3,4). The van der Waals surface area contributed by atoms with Crippen LogP contribution < -0.4 is 17.2 Å². The molecule has 1 heterocycles. The van der Waals surface area contributed by atoms with Crippen molar-refractivity contribution >= 4 is 22.9 Å². The molecule has 0 atom stereocenters. The van der Waals surface area contributed by atoms with Crippen LogP contribution in [0.4, 0.5) is 10.6 Å². The van der Waals surface area contributed by atoms with Crippen molar-refractivity contribution in [2.24, 2.45) is 11.5 Å². The number of carbonyl (C=O) groups excluding carboxylic acids is 1. The van der Waals surface area contributed by atoms with Crippen LogP contribution in [0.2, 0.25) is 0 Å². The van der Waals surface area contributed by atoms with Crippen molar-refractivity contribution in [1.82, 2.24) is 9.97 Å². The molecule has 2 amide bonds. The summed E-state index contributed by atoms with van der Waals surface area (Å²) < 4.78 is 0. The van der Waals surface area contributed by atoms with E-state index >= 15 is 0 Å². The number of carbonyl (C=O) groups is 1. The molecule has 1 aromatic heterocycles. The van der Waals surface area contributed by atoms with Crippen molar-refractivity contribution in [3.8, 4) is 0 Å². The van der Waals surface area contributed by atoms with Crippen LogP contribution in [-0.2, 0) is 0 Å². The summed E-state index contributed by atoms with van der Waals surface area (Å²) >= 11 is 0. The van der Waals surface area contributed by atoms with Gasteiger partial charge in [-0.25, -0.2) is 9.78 Å². The summed E-state index contributed by atoms with van der Waals surface area (Å²) in [6.07, 6.45) is 1.56. The van der Waals surface area contributed by atoms with Gasteiger partial charge in [-0.1, -0.05) is 12.1 Å². The molecule has 0 bridgehead atoms. The first-order valence-corrected chi connectivity index (χ1v) is 4.12. The lowest BCUT2D eigenvalue weighted by molar-refractivity contribution is 0.256. The highest BCUT2D eigenvalue weighted by atomic mass is 16.2. The van der Waals surface area contributed by atoms with Crippen molar-refractivity contribution < 1.29 is 4.79 Å². The van der Waals surface area contributed by atoms with Crippen LogP contribution >= 0.6 is 0 Å².